The topological polar surface area (TPSA) is 80.2 Å². The summed E-state index contributed by atoms with van der Waals surface area (Å²) in [7, 11) is 0. The number of nitrogens with zero attached hydrogens (tertiary/aromatic N) is 1. The average Bonchev–Trinajstić information content (AvgIpc) is 3.42. The second kappa shape index (κ2) is 14.7. The van der Waals surface area contributed by atoms with Crippen LogP contribution in [0.1, 0.15) is 41.2 Å². The SMILES string of the molecule is O=C(NCc1c(F)cccc1F)[C@]1(C/C=C/c2ccccc2)N=C(c2ccc(OCCCO)cc2)O[C@@H]1c1ccc(Cl)cc1Cl. The van der Waals surface area contributed by atoms with E-state index in [0.29, 0.717) is 34.9 Å². The molecule has 0 aliphatic carbocycles. The Hall–Kier alpha value is -4.24. The van der Waals surface area contributed by atoms with Gasteiger partial charge >= 0.3 is 0 Å². The third-order valence-corrected chi connectivity index (χ3v) is 7.86. The molecule has 1 amide bonds. The van der Waals surface area contributed by atoms with Gasteiger partial charge in [0.2, 0.25) is 5.90 Å². The molecule has 4 aromatic rings. The Balaban J connectivity index is 1.56. The van der Waals surface area contributed by atoms with Crippen LogP contribution in [0.15, 0.2) is 102 Å². The highest BCUT2D eigenvalue weighted by Gasteiger charge is 2.53. The van der Waals surface area contributed by atoms with Crippen molar-refractivity contribution in [3.8, 4) is 5.75 Å². The number of halogens is 4. The highest BCUT2D eigenvalue weighted by molar-refractivity contribution is 6.35. The lowest BCUT2D eigenvalue weighted by atomic mass is 9.84. The van der Waals surface area contributed by atoms with Gasteiger partial charge in [0, 0.05) is 52.7 Å². The molecule has 45 heavy (non-hydrogen) atoms. The van der Waals surface area contributed by atoms with Crippen LogP contribution >= 0.6 is 23.2 Å². The molecule has 0 bridgehead atoms. The summed E-state index contributed by atoms with van der Waals surface area (Å²) < 4.78 is 41.1. The standard InChI is InChI=1S/C35H30Cl2F2N2O4/c36-25-14-17-27(29(37)21-25)32-35(18-5-9-23-7-2-1-3-8-23,34(43)40-22-28-30(38)10-4-11-31(28)39)41-33(45-32)24-12-15-26(16-13-24)44-20-6-19-42/h1-5,7-17,21,32,42H,6,18-20,22H2,(H,40,43)/b9-5+/t32-,35-/m1/s1. The highest BCUT2D eigenvalue weighted by Crippen LogP contribution is 2.45. The van der Waals surface area contributed by atoms with Crippen LogP contribution in [0.2, 0.25) is 10.0 Å². The molecule has 0 fully saturated rings. The van der Waals surface area contributed by atoms with Crippen molar-refractivity contribution in [2.45, 2.75) is 31.0 Å². The Morgan fingerprint density at radius 1 is 1.00 bits per heavy atom. The third kappa shape index (κ3) is 7.53. The van der Waals surface area contributed by atoms with Crippen molar-refractivity contribution in [1.29, 1.82) is 0 Å². The maximum atomic E-state index is 14.5. The first-order valence-electron chi connectivity index (χ1n) is 14.3. The molecule has 1 heterocycles. The van der Waals surface area contributed by atoms with E-state index in [1.807, 2.05) is 42.5 Å². The lowest BCUT2D eigenvalue weighted by Gasteiger charge is -2.30. The fourth-order valence-corrected chi connectivity index (χ4v) is 5.48. The Kier molecular flexibility index (Phi) is 10.5. The Morgan fingerprint density at radius 3 is 2.42 bits per heavy atom. The highest BCUT2D eigenvalue weighted by atomic mass is 35.5. The van der Waals surface area contributed by atoms with Gasteiger partial charge in [0.05, 0.1) is 6.61 Å². The molecule has 5 rings (SSSR count). The molecule has 0 saturated heterocycles. The van der Waals surface area contributed by atoms with Crippen LogP contribution in [-0.4, -0.2) is 35.7 Å². The molecule has 2 atom stereocenters. The molecular weight excluding hydrogens is 621 g/mol. The number of amides is 1. The van der Waals surface area contributed by atoms with Crippen molar-refractivity contribution in [1.82, 2.24) is 5.32 Å². The van der Waals surface area contributed by atoms with Crippen molar-refractivity contribution in [2.24, 2.45) is 4.99 Å². The van der Waals surface area contributed by atoms with Gasteiger partial charge in [0.1, 0.15) is 17.4 Å². The molecule has 2 N–H and O–H groups in total. The summed E-state index contributed by atoms with van der Waals surface area (Å²) in [6, 6.07) is 24.9. The van der Waals surface area contributed by atoms with Gasteiger partial charge in [-0.3, -0.25) is 4.79 Å². The van der Waals surface area contributed by atoms with Gasteiger partial charge < -0.3 is 19.9 Å². The first-order valence-corrected chi connectivity index (χ1v) is 15.0. The number of rotatable bonds is 12. The minimum Gasteiger partial charge on any atom is -0.494 e. The van der Waals surface area contributed by atoms with Crippen LogP contribution in [-0.2, 0) is 16.1 Å². The van der Waals surface area contributed by atoms with Gasteiger partial charge in [-0.15, -0.1) is 0 Å². The molecule has 232 valence electrons. The Bertz CT molecular complexity index is 1680. The zero-order chi connectivity index (χ0) is 31.8. The van der Waals surface area contributed by atoms with Crippen LogP contribution < -0.4 is 10.1 Å². The van der Waals surface area contributed by atoms with Gasteiger partial charge in [-0.2, -0.15) is 0 Å². The summed E-state index contributed by atoms with van der Waals surface area (Å²) in [4.78, 5) is 19.1. The minimum atomic E-state index is -1.63. The zero-order valence-electron chi connectivity index (χ0n) is 24.1. The third-order valence-electron chi connectivity index (χ3n) is 7.30. The molecule has 4 aromatic carbocycles. The number of nitrogens with one attached hydrogen (secondary N) is 1. The molecule has 0 saturated carbocycles. The zero-order valence-corrected chi connectivity index (χ0v) is 25.6. The van der Waals surface area contributed by atoms with Gasteiger partial charge in [-0.25, -0.2) is 13.8 Å². The van der Waals surface area contributed by atoms with E-state index in [0.717, 1.165) is 17.7 Å². The lowest BCUT2D eigenvalue weighted by Crippen LogP contribution is -2.48. The van der Waals surface area contributed by atoms with Crippen LogP contribution in [0.3, 0.4) is 0 Å². The summed E-state index contributed by atoms with van der Waals surface area (Å²) in [6.45, 7) is -0.0405. The monoisotopic (exact) mass is 650 g/mol. The quantitative estimate of drug-likeness (QED) is 0.154. The number of hydrogen-bond acceptors (Lipinski definition) is 5. The largest absolute Gasteiger partial charge is 0.494 e. The van der Waals surface area contributed by atoms with Gasteiger partial charge in [0.25, 0.3) is 5.91 Å². The van der Waals surface area contributed by atoms with Crippen LogP contribution in [0.25, 0.3) is 6.08 Å². The molecule has 6 nitrogen and oxygen atoms in total. The van der Waals surface area contributed by atoms with E-state index in [2.05, 4.69) is 5.32 Å². The van der Waals surface area contributed by atoms with Gasteiger partial charge in [-0.1, -0.05) is 77.8 Å². The second-order valence-electron chi connectivity index (χ2n) is 10.4. The van der Waals surface area contributed by atoms with Crippen LogP contribution in [0.4, 0.5) is 8.78 Å². The molecule has 1 aliphatic heterocycles. The van der Waals surface area contributed by atoms with Crippen molar-refractivity contribution in [2.75, 3.05) is 13.2 Å². The van der Waals surface area contributed by atoms with E-state index < -0.39 is 35.7 Å². The first kappa shape index (κ1) is 32.2. The van der Waals surface area contributed by atoms with E-state index in [9.17, 15) is 13.6 Å². The smallest absolute Gasteiger partial charge is 0.252 e. The van der Waals surface area contributed by atoms with Gasteiger partial charge in [0.15, 0.2) is 11.6 Å². The minimum absolute atomic E-state index is 0.0177. The summed E-state index contributed by atoms with van der Waals surface area (Å²) in [5.41, 5.74) is 0.0330. The molecule has 1 aliphatic rings. The predicted octanol–water partition coefficient (Wildman–Crippen LogP) is 7.71. The fourth-order valence-electron chi connectivity index (χ4n) is 4.97. The van der Waals surface area contributed by atoms with Crippen LogP contribution in [0.5, 0.6) is 5.75 Å². The molecule has 0 radical (unpaired) electrons. The average molecular weight is 652 g/mol. The Morgan fingerprint density at radius 2 is 1.73 bits per heavy atom. The lowest BCUT2D eigenvalue weighted by molar-refractivity contribution is -0.129. The number of ether oxygens (including phenoxy) is 2. The summed E-state index contributed by atoms with van der Waals surface area (Å²) in [6.07, 6.45) is 3.19. The van der Waals surface area contributed by atoms with E-state index >= 15 is 0 Å². The summed E-state index contributed by atoms with van der Waals surface area (Å²) in [5.74, 6) is -1.41. The van der Waals surface area contributed by atoms with E-state index in [1.165, 1.54) is 6.07 Å². The molecular formula is C35H30Cl2F2N2O4. The summed E-state index contributed by atoms with van der Waals surface area (Å²) in [5, 5.41) is 12.4. The molecule has 0 spiro atoms. The van der Waals surface area contributed by atoms with E-state index in [-0.39, 0.29) is 29.5 Å². The van der Waals surface area contributed by atoms with Gasteiger partial charge in [-0.05, 0) is 54.1 Å². The normalized spacial score (nSPS) is 17.6. The number of aliphatic imine (C=N–C) groups is 1. The first-order chi connectivity index (χ1) is 21.8. The van der Waals surface area contributed by atoms with Crippen molar-refractivity contribution < 1.29 is 28.2 Å². The van der Waals surface area contributed by atoms with Crippen molar-refractivity contribution in [3.05, 3.63) is 141 Å². The molecule has 0 unspecified atom stereocenters. The number of aliphatic hydroxyl groups excluding tert-OH is 1. The van der Waals surface area contributed by atoms with Crippen LogP contribution in [0, 0.1) is 11.6 Å². The summed E-state index contributed by atoms with van der Waals surface area (Å²) >= 11 is 12.9. The van der Waals surface area contributed by atoms with Crippen molar-refractivity contribution in [3.63, 3.8) is 0 Å². The number of carbonyl (C=O) groups excluding carboxylic acids is 1. The molecule has 10 heteroatoms. The maximum absolute atomic E-state index is 14.5. The second-order valence-corrected chi connectivity index (χ2v) is 11.2. The van der Waals surface area contributed by atoms with E-state index in [1.54, 1.807) is 42.5 Å². The van der Waals surface area contributed by atoms with Crippen molar-refractivity contribution >= 4 is 41.1 Å². The van der Waals surface area contributed by atoms with E-state index in [4.69, 9.17) is 42.8 Å². The number of hydrogen-bond donors (Lipinski definition) is 2. The fraction of sp³-hybridized carbons (Fsp3) is 0.200. The predicted molar refractivity (Wildman–Crippen MR) is 171 cm³/mol. The number of benzene rings is 4. The number of carbonyl (C=O) groups is 1. The maximum Gasteiger partial charge on any atom is 0.252 e. The Labute approximate surface area is 269 Å². The number of aliphatic hydroxyl groups is 1. The molecule has 0 aromatic heterocycles.